The predicted molar refractivity (Wildman–Crippen MR) is 89.2 cm³/mol. The number of methoxy groups -OCH3 is 3. The van der Waals surface area contributed by atoms with Gasteiger partial charge in [0.1, 0.15) is 0 Å². The van der Waals surface area contributed by atoms with Crippen LogP contribution in [0.1, 0.15) is 11.2 Å². The molecule has 2 N–H and O–H groups in total. The molecule has 2 aromatic rings. The van der Waals surface area contributed by atoms with Gasteiger partial charge in [0.2, 0.25) is 17.7 Å². The summed E-state index contributed by atoms with van der Waals surface area (Å²) < 4.78 is 15.2. The van der Waals surface area contributed by atoms with Crippen molar-refractivity contribution in [3.8, 4) is 22.2 Å². The van der Waals surface area contributed by atoms with Crippen LogP contribution in [0.3, 0.4) is 0 Å². The molecule has 2 heterocycles. The van der Waals surface area contributed by atoms with Crippen LogP contribution in [0.2, 0.25) is 0 Å². The Labute approximate surface area is 142 Å². The molecular formula is C15H17N3O5S. The summed E-state index contributed by atoms with van der Waals surface area (Å²) in [5.41, 5.74) is 1.02. The van der Waals surface area contributed by atoms with E-state index in [0.29, 0.717) is 26.9 Å². The van der Waals surface area contributed by atoms with Crippen LogP contribution in [-0.4, -0.2) is 42.5 Å². The zero-order chi connectivity index (χ0) is 17.7. The maximum atomic E-state index is 11.6. The highest BCUT2D eigenvalue weighted by Gasteiger charge is 2.21. The summed E-state index contributed by atoms with van der Waals surface area (Å²) >= 11 is 1.22. The summed E-state index contributed by atoms with van der Waals surface area (Å²) in [7, 11) is 4.31. The van der Waals surface area contributed by atoms with E-state index in [4.69, 9.17) is 14.2 Å². The first kappa shape index (κ1) is 17.9. The van der Waals surface area contributed by atoms with Gasteiger partial charge >= 0.3 is 0 Å². The predicted octanol–water partition coefficient (Wildman–Crippen LogP) is 1.98. The first-order chi connectivity index (χ1) is 11.5. The average Bonchev–Trinajstić information content (AvgIpc) is 3.03. The van der Waals surface area contributed by atoms with Crippen molar-refractivity contribution in [2.24, 2.45) is 0 Å². The smallest absolute Gasteiger partial charge is 0.247 e. The number of aromatic nitrogens is 2. The topological polar surface area (TPSA) is 103 Å². The van der Waals surface area contributed by atoms with Crippen molar-refractivity contribution in [2.75, 3.05) is 26.6 Å². The second-order valence-electron chi connectivity index (χ2n) is 4.48. The average molecular weight is 351 g/mol. The number of hydrogen-bond acceptors (Lipinski definition) is 8. The molecule has 0 radical (unpaired) electrons. The largest absolute Gasteiger partial charge is 0.480 e. The molecule has 1 atom stereocenters. The van der Waals surface area contributed by atoms with Gasteiger partial charge in [-0.2, -0.15) is 0 Å². The summed E-state index contributed by atoms with van der Waals surface area (Å²) in [6.07, 6.45) is -0.0516. The number of ether oxygens (including phenoxy) is 3. The first-order valence-electron chi connectivity index (χ1n) is 6.78. The van der Waals surface area contributed by atoms with Gasteiger partial charge in [0, 0.05) is 18.1 Å². The van der Waals surface area contributed by atoms with Crippen LogP contribution in [0.5, 0.6) is 11.8 Å². The molecule has 0 saturated carbocycles. The highest BCUT2D eigenvalue weighted by Crippen LogP contribution is 2.41. The monoisotopic (exact) mass is 351 g/mol. The molecule has 2 rings (SSSR count). The van der Waals surface area contributed by atoms with E-state index in [1.165, 1.54) is 32.7 Å². The molecule has 0 aliphatic rings. The van der Waals surface area contributed by atoms with Crippen molar-refractivity contribution < 1.29 is 24.1 Å². The lowest BCUT2D eigenvalue weighted by atomic mass is 10.2. The lowest BCUT2D eigenvalue weighted by Gasteiger charge is -2.09. The molecule has 0 spiro atoms. The Balaban J connectivity index is 2.55. The molecule has 8 nitrogen and oxygen atoms in total. The van der Waals surface area contributed by atoms with Crippen molar-refractivity contribution in [2.45, 2.75) is 6.29 Å². The van der Waals surface area contributed by atoms with E-state index in [2.05, 4.69) is 22.1 Å². The van der Waals surface area contributed by atoms with Crippen LogP contribution in [0, 0.1) is 0 Å². The molecule has 0 aromatic carbocycles. The van der Waals surface area contributed by atoms with Gasteiger partial charge in [0.25, 0.3) is 0 Å². The molecule has 0 aliphatic carbocycles. The normalized spacial score (nSPS) is 11.7. The number of nitrogens with zero attached hydrogens (tertiary/aromatic N) is 2. The minimum Gasteiger partial charge on any atom is -0.480 e. The quantitative estimate of drug-likeness (QED) is 0.581. The third-order valence-corrected chi connectivity index (χ3v) is 4.26. The molecule has 2 aromatic heterocycles. The number of carbonyl (C=O) groups excluding carboxylic acids is 1. The van der Waals surface area contributed by atoms with E-state index in [1.54, 1.807) is 12.1 Å². The summed E-state index contributed by atoms with van der Waals surface area (Å²) in [6.45, 7) is 3.41. The molecular weight excluding hydrogens is 334 g/mol. The molecule has 0 aliphatic heterocycles. The molecule has 0 bridgehead atoms. The van der Waals surface area contributed by atoms with Gasteiger partial charge in [-0.15, -0.1) is 21.5 Å². The Morgan fingerprint density at radius 3 is 2.67 bits per heavy atom. The lowest BCUT2D eigenvalue weighted by molar-refractivity contribution is -0.111. The van der Waals surface area contributed by atoms with Crippen LogP contribution in [0.4, 0.5) is 5.69 Å². The maximum absolute atomic E-state index is 11.6. The number of nitrogens with one attached hydrogen (secondary N) is 1. The Morgan fingerprint density at radius 1 is 1.33 bits per heavy atom. The van der Waals surface area contributed by atoms with Gasteiger partial charge < -0.3 is 24.6 Å². The summed E-state index contributed by atoms with van der Waals surface area (Å²) in [6, 6.07) is 3.34. The standard InChI is InChI=1S/C15H17N3O5S/c1-5-11(19)16-9-7-10(24-13(9)15(20)23-4)8-6-12(21-2)17-18-14(8)22-3/h5-7,15,20H,1H2,2-4H3,(H,16,19). The van der Waals surface area contributed by atoms with Crippen LogP contribution in [0.25, 0.3) is 10.4 Å². The van der Waals surface area contributed by atoms with Gasteiger partial charge in [0.05, 0.1) is 30.3 Å². The number of rotatable bonds is 7. The fourth-order valence-electron chi connectivity index (χ4n) is 1.90. The van der Waals surface area contributed by atoms with Gasteiger partial charge in [-0.25, -0.2) is 0 Å². The Morgan fingerprint density at radius 2 is 2.08 bits per heavy atom. The Hall–Kier alpha value is -2.49. The number of hydrogen-bond donors (Lipinski definition) is 2. The second kappa shape index (κ2) is 7.86. The summed E-state index contributed by atoms with van der Waals surface area (Å²) in [5, 5.41) is 20.4. The Bertz CT molecular complexity index is 747. The Kier molecular flexibility index (Phi) is 5.85. The molecule has 0 fully saturated rings. The van der Waals surface area contributed by atoms with Crippen molar-refractivity contribution in [3.63, 3.8) is 0 Å². The van der Waals surface area contributed by atoms with E-state index in [-0.39, 0.29) is 5.88 Å². The highest BCUT2D eigenvalue weighted by atomic mass is 32.1. The summed E-state index contributed by atoms with van der Waals surface area (Å²) in [5.74, 6) is 0.197. The molecule has 1 amide bonds. The van der Waals surface area contributed by atoms with Gasteiger partial charge in [-0.05, 0) is 12.1 Å². The molecule has 128 valence electrons. The fraction of sp³-hybridized carbons (Fsp3) is 0.267. The number of aliphatic hydroxyl groups is 1. The zero-order valence-electron chi connectivity index (χ0n) is 13.4. The van der Waals surface area contributed by atoms with Gasteiger partial charge in [0.15, 0.2) is 6.29 Å². The highest BCUT2D eigenvalue weighted by molar-refractivity contribution is 7.16. The second-order valence-corrected chi connectivity index (χ2v) is 5.56. The van der Waals surface area contributed by atoms with Gasteiger partial charge in [-0.1, -0.05) is 6.58 Å². The minimum absolute atomic E-state index is 0.289. The zero-order valence-corrected chi connectivity index (χ0v) is 14.2. The SMILES string of the molecule is C=CC(=O)Nc1cc(-c2cc(OC)nnc2OC)sc1C(O)OC. The number of amides is 1. The lowest BCUT2D eigenvalue weighted by Crippen LogP contribution is -2.09. The van der Waals surface area contributed by atoms with Crippen molar-refractivity contribution in [3.05, 3.63) is 29.7 Å². The number of aliphatic hydroxyl groups excluding tert-OH is 1. The first-order valence-corrected chi connectivity index (χ1v) is 7.59. The van der Waals surface area contributed by atoms with Crippen LogP contribution in [-0.2, 0) is 9.53 Å². The summed E-state index contributed by atoms with van der Waals surface area (Å²) in [4.78, 5) is 12.7. The number of thiophene rings is 1. The van der Waals surface area contributed by atoms with Crippen molar-refractivity contribution >= 4 is 22.9 Å². The van der Waals surface area contributed by atoms with E-state index in [1.807, 2.05) is 0 Å². The van der Waals surface area contributed by atoms with Gasteiger partial charge in [-0.3, -0.25) is 4.79 Å². The van der Waals surface area contributed by atoms with Crippen LogP contribution in [0.15, 0.2) is 24.8 Å². The molecule has 24 heavy (non-hydrogen) atoms. The van der Waals surface area contributed by atoms with Crippen molar-refractivity contribution in [1.29, 1.82) is 0 Å². The number of anilines is 1. The minimum atomic E-state index is -1.19. The fourth-order valence-corrected chi connectivity index (χ4v) is 2.99. The number of carbonyl (C=O) groups is 1. The molecule has 9 heteroatoms. The van der Waals surface area contributed by atoms with Crippen LogP contribution < -0.4 is 14.8 Å². The third-order valence-electron chi connectivity index (χ3n) is 3.06. The van der Waals surface area contributed by atoms with E-state index >= 15 is 0 Å². The van der Waals surface area contributed by atoms with Crippen molar-refractivity contribution in [1.82, 2.24) is 10.2 Å². The van der Waals surface area contributed by atoms with E-state index in [9.17, 15) is 9.90 Å². The van der Waals surface area contributed by atoms with E-state index < -0.39 is 12.2 Å². The molecule has 1 unspecified atom stereocenters. The maximum Gasteiger partial charge on any atom is 0.247 e. The third kappa shape index (κ3) is 3.70. The van der Waals surface area contributed by atoms with Crippen LogP contribution >= 0.6 is 11.3 Å². The molecule has 0 saturated heterocycles. The van der Waals surface area contributed by atoms with E-state index in [0.717, 1.165) is 6.08 Å².